The van der Waals surface area contributed by atoms with Crippen LogP contribution in [0.1, 0.15) is 0 Å². The maximum absolute atomic E-state index is 12.7. The fourth-order valence-corrected chi connectivity index (χ4v) is 3.92. The summed E-state index contributed by atoms with van der Waals surface area (Å²) >= 11 is 2.64. The first-order valence-corrected chi connectivity index (χ1v) is 7.84. The molecular formula is C15H11BrF3S+. The molecule has 0 spiro atoms. The van der Waals surface area contributed by atoms with Crippen molar-refractivity contribution in [3.63, 3.8) is 0 Å². The van der Waals surface area contributed by atoms with Gasteiger partial charge in [-0.2, -0.15) is 13.2 Å². The molecule has 0 fully saturated rings. The smallest absolute Gasteiger partial charge is 0.165 e. The molecule has 20 heavy (non-hydrogen) atoms. The number of hydrogen-bond donors (Lipinski definition) is 0. The van der Waals surface area contributed by atoms with E-state index >= 15 is 0 Å². The number of allylic oxidation sites excluding steroid dienone is 1. The SMILES string of the molecule is FC(F)(F)/C(Br)=C/[S+](c1ccccc1)c1ccccc1. The predicted molar refractivity (Wildman–Crippen MR) is 79.8 cm³/mol. The van der Waals surface area contributed by atoms with Crippen molar-refractivity contribution in [2.75, 3.05) is 0 Å². The van der Waals surface area contributed by atoms with Gasteiger partial charge in [0.15, 0.2) is 9.79 Å². The van der Waals surface area contributed by atoms with E-state index in [1.54, 1.807) is 0 Å². The summed E-state index contributed by atoms with van der Waals surface area (Å²) in [4.78, 5) is 1.69. The highest BCUT2D eigenvalue weighted by Gasteiger charge is 2.36. The van der Waals surface area contributed by atoms with Crippen LogP contribution in [0.15, 0.2) is 80.3 Å². The zero-order valence-corrected chi connectivity index (χ0v) is 12.7. The second-order valence-corrected chi connectivity index (χ2v) is 6.64. The van der Waals surface area contributed by atoms with E-state index in [1.807, 2.05) is 60.7 Å². The van der Waals surface area contributed by atoms with Crippen molar-refractivity contribution < 1.29 is 13.2 Å². The third-order valence-electron chi connectivity index (χ3n) is 2.49. The average molecular weight is 360 g/mol. The number of benzene rings is 2. The van der Waals surface area contributed by atoms with Gasteiger partial charge in [0.1, 0.15) is 9.89 Å². The number of hydrogen-bond acceptors (Lipinski definition) is 0. The number of rotatable bonds is 3. The summed E-state index contributed by atoms with van der Waals surface area (Å²) in [6.45, 7) is 0. The van der Waals surface area contributed by atoms with E-state index in [0.29, 0.717) is 0 Å². The van der Waals surface area contributed by atoms with Crippen LogP contribution in [0.4, 0.5) is 13.2 Å². The van der Waals surface area contributed by atoms with Gasteiger partial charge < -0.3 is 0 Å². The Labute approximate surface area is 126 Å². The molecule has 0 unspecified atom stereocenters. The molecule has 0 saturated carbocycles. The monoisotopic (exact) mass is 359 g/mol. The molecule has 0 saturated heterocycles. The van der Waals surface area contributed by atoms with Crippen molar-refractivity contribution in [2.45, 2.75) is 16.0 Å². The van der Waals surface area contributed by atoms with Crippen molar-refractivity contribution in [1.82, 2.24) is 0 Å². The molecule has 104 valence electrons. The Morgan fingerprint density at radius 3 is 1.60 bits per heavy atom. The van der Waals surface area contributed by atoms with E-state index in [1.165, 1.54) is 5.41 Å². The molecule has 0 amide bonds. The molecule has 0 radical (unpaired) electrons. The second kappa shape index (κ2) is 6.50. The summed E-state index contributed by atoms with van der Waals surface area (Å²) in [5.74, 6) is 0. The molecule has 0 nitrogen and oxygen atoms in total. The van der Waals surface area contributed by atoms with Crippen LogP contribution in [-0.4, -0.2) is 6.18 Å². The lowest BCUT2D eigenvalue weighted by molar-refractivity contribution is -0.0826. The van der Waals surface area contributed by atoms with E-state index in [0.717, 1.165) is 9.79 Å². The first kappa shape index (κ1) is 15.2. The zero-order chi connectivity index (χ0) is 14.6. The lowest BCUT2D eigenvalue weighted by Gasteiger charge is -2.06. The third-order valence-corrected chi connectivity index (χ3v) is 5.50. The summed E-state index contributed by atoms with van der Waals surface area (Å²) in [6, 6.07) is 18.3. The molecule has 0 atom stereocenters. The Hall–Kier alpha value is -1.20. The normalized spacial score (nSPS) is 12.8. The molecule has 0 N–H and O–H groups in total. The van der Waals surface area contributed by atoms with E-state index in [4.69, 9.17) is 0 Å². The van der Waals surface area contributed by atoms with Gasteiger partial charge in [0.25, 0.3) is 0 Å². The van der Waals surface area contributed by atoms with Gasteiger partial charge in [-0.1, -0.05) is 36.4 Å². The Morgan fingerprint density at radius 1 is 0.850 bits per heavy atom. The molecule has 0 aliphatic carbocycles. The molecule has 0 aromatic heterocycles. The van der Waals surface area contributed by atoms with Gasteiger partial charge in [-0.05, 0) is 40.2 Å². The van der Waals surface area contributed by atoms with Gasteiger partial charge in [-0.3, -0.25) is 0 Å². The maximum atomic E-state index is 12.7. The largest absolute Gasteiger partial charge is 0.427 e. The summed E-state index contributed by atoms with van der Waals surface area (Å²) in [7, 11) is -0.757. The molecule has 0 heterocycles. The summed E-state index contributed by atoms with van der Waals surface area (Å²) in [5, 5.41) is 1.23. The lowest BCUT2D eigenvalue weighted by atomic mass is 10.4. The molecule has 5 heteroatoms. The minimum absolute atomic E-state index is 0.749. The highest BCUT2D eigenvalue weighted by molar-refractivity contribution is 9.11. The van der Waals surface area contributed by atoms with Gasteiger partial charge in [0.2, 0.25) is 0 Å². The van der Waals surface area contributed by atoms with Gasteiger partial charge in [0, 0.05) is 0 Å². The summed E-state index contributed by atoms with van der Waals surface area (Å²) in [5.41, 5.74) is 0. The zero-order valence-electron chi connectivity index (χ0n) is 10.3. The van der Waals surface area contributed by atoms with Gasteiger partial charge in [-0.25, -0.2) is 0 Å². The van der Waals surface area contributed by atoms with E-state index < -0.39 is 21.6 Å². The Morgan fingerprint density at radius 2 is 1.25 bits per heavy atom. The molecule has 0 aliphatic rings. The van der Waals surface area contributed by atoms with E-state index in [9.17, 15) is 13.2 Å². The van der Waals surface area contributed by atoms with Gasteiger partial charge in [-0.15, -0.1) is 0 Å². The van der Waals surface area contributed by atoms with E-state index in [2.05, 4.69) is 15.9 Å². The van der Waals surface area contributed by atoms with Crippen LogP contribution in [0, 0.1) is 0 Å². The lowest BCUT2D eigenvalue weighted by Crippen LogP contribution is -2.10. The number of halogens is 4. The fraction of sp³-hybridized carbons (Fsp3) is 0.0667. The van der Waals surface area contributed by atoms with Crippen LogP contribution in [0.5, 0.6) is 0 Å². The third kappa shape index (κ3) is 3.90. The summed E-state index contributed by atoms with van der Waals surface area (Å²) < 4.78 is 37.4. The minimum atomic E-state index is -4.37. The first-order chi connectivity index (χ1) is 9.48. The summed E-state index contributed by atoms with van der Waals surface area (Å²) in [6.07, 6.45) is -4.37. The van der Waals surface area contributed by atoms with E-state index in [-0.39, 0.29) is 0 Å². The first-order valence-electron chi connectivity index (χ1n) is 5.76. The van der Waals surface area contributed by atoms with Crippen LogP contribution in [-0.2, 0) is 10.9 Å². The van der Waals surface area contributed by atoms with Crippen LogP contribution in [0.25, 0.3) is 0 Å². The maximum Gasteiger partial charge on any atom is 0.427 e. The average Bonchev–Trinajstić information content (AvgIpc) is 2.45. The molecule has 2 aromatic carbocycles. The predicted octanol–water partition coefficient (Wildman–Crippen LogP) is 5.52. The molecule has 2 rings (SSSR count). The molecule has 0 bridgehead atoms. The van der Waals surface area contributed by atoms with Crippen molar-refractivity contribution >= 4 is 26.8 Å². The Balaban J connectivity index is 2.46. The minimum Gasteiger partial charge on any atom is -0.165 e. The van der Waals surface area contributed by atoms with Crippen molar-refractivity contribution in [2.24, 2.45) is 0 Å². The van der Waals surface area contributed by atoms with Gasteiger partial charge in [0.05, 0.1) is 10.9 Å². The highest BCUT2D eigenvalue weighted by Crippen LogP contribution is 2.34. The fourth-order valence-electron chi connectivity index (χ4n) is 1.58. The van der Waals surface area contributed by atoms with Crippen molar-refractivity contribution in [1.29, 1.82) is 0 Å². The Bertz CT molecular complexity index is 540. The molecular weight excluding hydrogens is 349 g/mol. The highest BCUT2D eigenvalue weighted by atomic mass is 79.9. The van der Waals surface area contributed by atoms with Crippen LogP contribution >= 0.6 is 15.9 Å². The standard InChI is InChI=1S/C15H11BrF3S/c16-14(15(17,18)19)11-20(12-7-3-1-4-8-12)13-9-5-2-6-10-13/h1-11H/q+1/b14-11-. The van der Waals surface area contributed by atoms with Crippen molar-refractivity contribution in [3.05, 3.63) is 70.6 Å². The second-order valence-electron chi connectivity index (χ2n) is 3.93. The van der Waals surface area contributed by atoms with Crippen LogP contribution in [0.2, 0.25) is 0 Å². The molecule has 0 aliphatic heterocycles. The molecule has 2 aromatic rings. The topological polar surface area (TPSA) is 0 Å². The quantitative estimate of drug-likeness (QED) is 0.632. The van der Waals surface area contributed by atoms with Gasteiger partial charge >= 0.3 is 6.18 Å². The van der Waals surface area contributed by atoms with Crippen molar-refractivity contribution in [3.8, 4) is 0 Å². The number of alkyl halides is 3. The van der Waals surface area contributed by atoms with Crippen LogP contribution in [0.3, 0.4) is 0 Å². The van der Waals surface area contributed by atoms with Crippen LogP contribution < -0.4 is 0 Å². The Kier molecular flexibility index (Phi) is 4.94.